The molecule has 0 saturated carbocycles. The number of benzene rings is 1. The van der Waals surface area contributed by atoms with Gasteiger partial charge in [0.2, 0.25) is 0 Å². The first kappa shape index (κ1) is 14.2. The van der Waals surface area contributed by atoms with Crippen LogP contribution in [-0.4, -0.2) is 24.7 Å². The van der Waals surface area contributed by atoms with Gasteiger partial charge in [-0.2, -0.15) is 0 Å². The minimum Gasteiger partial charge on any atom is -0.491 e. The molecule has 1 atom stereocenters. The SMILES string of the molecule is CC(C)Oc1ccc(NC(=O)C2CCCO2)c(Cl)c1. The quantitative estimate of drug-likeness (QED) is 0.923. The summed E-state index contributed by atoms with van der Waals surface area (Å²) in [7, 11) is 0. The van der Waals surface area contributed by atoms with Crippen LogP contribution in [0.2, 0.25) is 5.02 Å². The van der Waals surface area contributed by atoms with Crippen molar-refractivity contribution in [3.63, 3.8) is 0 Å². The number of carbonyl (C=O) groups is 1. The van der Waals surface area contributed by atoms with Gasteiger partial charge in [-0.3, -0.25) is 4.79 Å². The van der Waals surface area contributed by atoms with Crippen molar-refractivity contribution in [1.29, 1.82) is 0 Å². The molecule has 0 bridgehead atoms. The second-order valence-electron chi connectivity index (χ2n) is 4.80. The summed E-state index contributed by atoms with van der Waals surface area (Å²) >= 11 is 6.13. The van der Waals surface area contributed by atoms with E-state index in [-0.39, 0.29) is 18.1 Å². The standard InChI is InChI=1S/C14H18ClNO3/c1-9(2)19-10-5-6-12(11(15)8-10)16-14(17)13-4-3-7-18-13/h5-6,8-9,13H,3-4,7H2,1-2H3,(H,16,17). The average molecular weight is 284 g/mol. The van der Waals surface area contributed by atoms with Gasteiger partial charge in [0.15, 0.2) is 0 Å². The number of hydrogen-bond acceptors (Lipinski definition) is 3. The van der Waals surface area contributed by atoms with E-state index < -0.39 is 0 Å². The third-order valence-corrected chi connectivity index (χ3v) is 3.11. The highest BCUT2D eigenvalue weighted by Crippen LogP contribution is 2.28. The Morgan fingerprint density at radius 1 is 1.53 bits per heavy atom. The first-order valence-corrected chi connectivity index (χ1v) is 6.82. The van der Waals surface area contributed by atoms with E-state index >= 15 is 0 Å². The van der Waals surface area contributed by atoms with Gasteiger partial charge < -0.3 is 14.8 Å². The zero-order valence-electron chi connectivity index (χ0n) is 11.1. The maximum atomic E-state index is 11.9. The summed E-state index contributed by atoms with van der Waals surface area (Å²) in [6, 6.07) is 5.23. The maximum Gasteiger partial charge on any atom is 0.253 e. The van der Waals surface area contributed by atoms with Crippen LogP contribution in [0.5, 0.6) is 5.75 Å². The fourth-order valence-corrected chi connectivity index (χ4v) is 2.16. The molecule has 1 saturated heterocycles. The molecular formula is C14H18ClNO3. The lowest BCUT2D eigenvalue weighted by molar-refractivity contribution is -0.124. The predicted octanol–water partition coefficient (Wildman–Crippen LogP) is 3.24. The van der Waals surface area contributed by atoms with E-state index in [1.807, 2.05) is 13.8 Å². The van der Waals surface area contributed by atoms with Crippen molar-refractivity contribution in [3.05, 3.63) is 23.2 Å². The van der Waals surface area contributed by atoms with E-state index in [0.717, 1.165) is 12.8 Å². The van der Waals surface area contributed by atoms with Gasteiger partial charge in [-0.25, -0.2) is 0 Å². The molecule has 5 heteroatoms. The number of anilines is 1. The fraction of sp³-hybridized carbons (Fsp3) is 0.500. The molecule has 1 aliphatic rings. The highest BCUT2D eigenvalue weighted by atomic mass is 35.5. The molecule has 1 fully saturated rings. The molecule has 0 radical (unpaired) electrons. The number of ether oxygens (including phenoxy) is 2. The lowest BCUT2D eigenvalue weighted by Gasteiger charge is -2.14. The molecule has 1 heterocycles. The monoisotopic (exact) mass is 283 g/mol. The summed E-state index contributed by atoms with van der Waals surface area (Å²) in [5, 5.41) is 3.24. The smallest absolute Gasteiger partial charge is 0.253 e. The third kappa shape index (κ3) is 3.85. The Bertz CT molecular complexity index is 456. The van der Waals surface area contributed by atoms with E-state index in [2.05, 4.69) is 5.32 Å². The van der Waals surface area contributed by atoms with Gasteiger partial charge in [-0.1, -0.05) is 11.6 Å². The lowest BCUT2D eigenvalue weighted by Crippen LogP contribution is -2.26. The topological polar surface area (TPSA) is 47.6 Å². The largest absolute Gasteiger partial charge is 0.491 e. The summed E-state index contributed by atoms with van der Waals surface area (Å²) in [4.78, 5) is 11.9. The second kappa shape index (κ2) is 6.26. The molecule has 0 aliphatic carbocycles. The fourth-order valence-electron chi connectivity index (χ4n) is 1.94. The third-order valence-electron chi connectivity index (χ3n) is 2.79. The molecule has 1 aromatic rings. The number of nitrogens with one attached hydrogen (secondary N) is 1. The Morgan fingerprint density at radius 3 is 2.89 bits per heavy atom. The summed E-state index contributed by atoms with van der Waals surface area (Å²) in [5.74, 6) is 0.548. The van der Waals surface area contributed by atoms with Crippen LogP contribution < -0.4 is 10.1 Å². The molecule has 2 rings (SSSR count). The Balaban J connectivity index is 2.02. The molecule has 1 N–H and O–H groups in total. The minimum atomic E-state index is -0.359. The van der Waals surface area contributed by atoms with Gasteiger partial charge in [0.25, 0.3) is 5.91 Å². The van der Waals surface area contributed by atoms with Crippen LogP contribution in [0.1, 0.15) is 26.7 Å². The zero-order chi connectivity index (χ0) is 13.8. The maximum absolute atomic E-state index is 11.9. The van der Waals surface area contributed by atoms with Crippen LogP contribution in [0, 0.1) is 0 Å². The number of hydrogen-bond donors (Lipinski definition) is 1. The zero-order valence-corrected chi connectivity index (χ0v) is 11.9. The summed E-state index contributed by atoms with van der Waals surface area (Å²) < 4.78 is 10.9. The Labute approximate surface area is 118 Å². The van der Waals surface area contributed by atoms with Crippen LogP contribution >= 0.6 is 11.6 Å². The van der Waals surface area contributed by atoms with Gasteiger partial charge in [0.05, 0.1) is 16.8 Å². The molecule has 104 valence electrons. The predicted molar refractivity (Wildman–Crippen MR) is 74.8 cm³/mol. The number of amides is 1. The van der Waals surface area contributed by atoms with Gasteiger partial charge in [-0.05, 0) is 38.8 Å². The molecule has 1 aliphatic heterocycles. The van der Waals surface area contributed by atoms with E-state index in [9.17, 15) is 4.79 Å². The molecule has 0 aromatic heterocycles. The molecule has 19 heavy (non-hydrogen) atoms. The number of carbonyl (C=O) groups excluding carboxylic acids is 1. The Morgan fingerprint density at radius 2 is 2.32 bits per heavy atom. The van der Waals surface area contributed by atoms with Crippen LogP contribution in [0.15, 0.2) is 18.2 Å². The second-order valence-corrected chi connectivity index (χ2v) is 5.21. The van der Waals surface area contributed by atoms with Crippen LogP contribution in [0.4, 0.5) is 5.69 Å². The molecule has 1 aromatic carbocycles. The first-order chi connectivity index (χ1) is 9.06. The summed E-state index contributed by atoms with van der Waals surface area (Å²) in [6.45, 7) is 4.54. The van der Waals surface area contributed by atoms with Gasteiger partial charge in [0.1, 0.15) is 11.9 Å². The van der Waals surface area contributed by atoms with E-state index in [1.165, 1.54) is 0 Å². The van der Waals surface area contributed by atoms with E-state index in [0.29, 0.717) is 23.1 Å². The van der Waals surface area contributed by atoms with Crippen molar-refractivity contribution in [2.24, 2.45) is 0 Å². The van der Waals surface area contributed by atoms with Crippen LogP contribution in [-0.2, 0) is 9.53 Å². The van der Waals surface area contributed by atoms with Gasteiger partial charge in [0, 0.05) is 12.7 Å². The highest BCUT2D eigenvalue weighted by molar-refractivity contribution is 6.33. The number of rotatable bonds is 4. The van der Waals surface area contributed by atoms with Crippen molar-refractivity contribution in [2.45, 2.75) is 38.9 Å². The normalized spacial score (nSPS) is 18.6. The van der Waals surface area contributed by atoms with Crippen LogP contribution in [0.3, 0.4) is 0 Å². The number of halogens is 1. The average Bonchev–Trinajstić information content (AvgIpc) is 2.85. The highest BCUT2D eigenvalue weighted by Gasteiger charge is 2.24. The van der Waals surface area contributed by atoms with Crippen molar-refractivity contribution in [1.82, 2.24) is 0 Å². The Hall–Kier alpha value is -1.26. The summed E-state index contributed by atoms with van der Waals surface area (Å²) in [6.07, 6.45) is 1.41. The van der Waals surface area contributed by atoms with E-state index in [4.69, 9.17) is 21.1 Å². The Kier molecular flexibility index (Phi) is 4.66. The minimum absolute atomic E-state index is 0.0865. The van der Waals surface area contributed by atoms with Crippen molar-refractivity contribution in [3.8, 4) is 5.75 Å². The molecule has 1 unspecified atom stereocenters. The van der Waals surface area contributed by atoms with Gasteiger partial charge >= 0.3 is 0 Å². The molecule has 1 amide bonds. The van der Waals surface area contributed by atoms with Gasteiger partial charge in [-0.15, -0.1) is 0 Å². The van der Waals surface area contributed by atoms with Crippen LogP contribution in [0.25, 0.3) is 0 Å². The first-order valence-electron chi connectivity index (χ1n) is 6.45. The molecule has 0 spiro atoms. The van der Waals surface area contributed by atoms with E-state index in [1.54, 1.807) is 18.2 Å². The van der Waals surface area contributed by atoms with Crippen molar-refractivity contribution >= 4 is 23.2 Å². The van der Waals surface area contributed by atoms with Crippen molar-refractivity contribution in [2.75, 3.05) is 11.9 Å². The lowest BCUT2D eigenvalue weighted by atomic mass is 10.2. The van der Waals surface area contributed by atoms with Crippen molar-refractivity contribution < 1.29 is 14.3 Å². The molecular weight excluding hydrogens is 266 g/mol. The molecule has 4 nitrogen and oxygen atoms in total. The summed E-state index contributed by atoms with van der Waals surface area (Å²) in [5.41, 5.74) is 0.582.